The summed E-state index contributed by atoms with van der Waals surface area (Å²) >= 11 is 0. The predicted molar refractivity (Wildman–Crippen MR) is 114 cm³/mol. The number of carboxylic acid groups (broad SMARTS) is 1. The molecule has 0 saturated heterocycles. The summed E-state index contributed by atoms with van der Waals surface area (Å²) in [5.41, 5.74) is 0.294. The fourth-order valence-electron chi connectivity index (χ4n) is 3.79. The highest BCUT2D eigenvalue weighted by Gasteiger charge is 2.42. The molecule has 2 N–H and O–H groups in total. The molecule has 1 saturated carbocycles. The molecule has 0 spiro atoms. The number of hydrogen-bond donors (Lipinski definition) is 2. The zero-order chi connectivity index (χ0) is 21.6. The van der Waals surface area contributed by atoms with Crippen LogP contribution in [0.2, 0.25) is 0 Å². The highest BCUT2D eigenvalue weighted by Crippen LogP contribution is 2.33. The van der Waals surface area contributed by atoms with Gasteiger partial charge in [0, 0.05) is 12.0 Å². The fourth-order valence-corrected chi connectivity index (χ4v) is 3.79. The van der Waals surface area contributed by atoms with Gasteiger partial charge in [0.2, 0.25) is 0 Å². The fraction of sp³-hybridized carbons (Fsp3) is 0.417. The van der Waals surface area contributed by atoms with E-state index < -0.39 is 17.4 Å². The summed E-state index contributed by atoms with van der Waals surface area (Å²) in [5, 5.41) is 12.6. The third kappa shape index (κ3) is 5.12. The van der Waals surface area contributed by atoms with E-state index in [0.29, 0.717) is 42.4 Å². The van der Waals surface area contributed by atoms with Crippen LogP contribution in [0.15, 0.2) is 48.5 Å². The third-order valence-electron chi connectivity index (χ3n) is 5.81. The normalized spacial score (nSPS) is 20.9. The maximum atomic E-state index is 12.9. The van der Waals surface area contributed by atoms with E-state index in [1.54, 1.807) is 25.3 Å². The van der Waals surface area contributed by atoms with Crippen molar-refractivity contribution in [2.75, 3.05) is 13.7 Å². The highest BCUT2D eigenvalue weighted by atomic mass is 16.5. The molecular weight excluding hydrogens is 382 g/mol. The van der Waals surface area contributed by atoms with Crippen LogP contribution in [0.3, 0.4) is 0 Å². The summed E-state index contributed by atoms with van der Waals surface area (Å²) in [4.78, 5) is 24.8. The van der Waals surface area contributed by atoms with Gasteiger partial charge in [-0.1, -0.05) is 37.3 Å². The molecule has 30 heavy (non-hydrogen) atoms. The van der Waals surface area contributed by atoms with E-state index in [2.05, 4.69) is 12.2 Å². The Morgan fingerprint density at radius 1 is 1.10 bits per heavy atom. The molecule has 0 atom stereocenters. The number of benzene rings is 2. The zero-order valence-corrected chi connectivity index (χ0v) is 17.5. The minimum absolute atomic E-state index is 0.352. The van der Waals surface area contributed by atoms with E-state index in [4.69, 9.17) is 9.47 Å². The van der Waals surface area contributed by atoms with E-state index >= 15 is 0 Å². The monoisotopic (exact) mass is 411 g/mol. The Hall–Kier alpha value is -3.02. The van der Waals surface area contributed by atoms with Gasteiger partial charge in [-0.15, -0.1) is 0 Å². The molecule has 3 rings (SSSR count). The lowest BCUT2D eigenvalue weighted by Crippen LogP contribution is -2.56. The minimum Gasteiger partial charge on any atom is -0.493 e. The molecule has 1 aliphatic rings. The van der Waals surface area contributed by atoms with Crippen LogP contribution in [0, 0.1) is 5.92 Å². The molecule has 160 valence electrons. The van der Waals surface area contributed by atoms with Gasteiger partial charge in [0.05, 0.1) is 13.7 Å². The summed E-state index contributed by atoms with van der Waals surface area (Å²) in [6.45, 7) is 2.54. The van der Waals surface area contributed by atoms with Gasteiger partial charge in [0.15, 0.2) is 11.5 Å². The lowest BCUT2D eigenvalue weighted by molar-refractivity contribution is -0.146. The minimum atomic E-state index is -1.21. The first-order chi connectivity index (χ1) is 14.4. The van der Waals surface area contributed by atoms with Gasteiger partial charge in [-0.3, -0.25) is 4.79 Å². The second-order valence-corrected chi connectivity index (χ2v) is 7.97. The lowest BCUT2D eigenvalue weighted by Gasteiger charge is -2.36. The Kier molecular flexibility index (Phi) is 6.98. The third-order valence-corrected chi connectivity index (χ3v) is 5.81. The molecule has 0 radical (unpaired) electrons. The van der Waals surface area contributed by atoms with Crippen molar-refractivity contribution < 1.29 is 24.2 Å². The van der Waals surface area contributed by atoms with E-state index in [0.717, 1.165) is 24.8 Å². The van der Waals surface area contributed by atoms with Crippen molar-refractivity contribution in [3.8, 4) is 11.5 Å². The lowest BCUT2D eigenvalue weighted by atomic mass is 9.77. The van der Waals surface area contributed by atoms with Crippen LogP contribution in [-0.2, 0) is 11.2 Å². The average Bonchev–Trinajstić information content (AvgIpc) is 2.76. The molecule has 2 aromatic carbocycles. The molecule has 1 aliphatic carbocycles. The van der Waals surface area contributed by atoms with Gasteiger partial charge in [0.25, 0.3) is 5.91 Å². The Labute approximate surface area is 177 Å². The van der Waals surface area contributed by atoms with E-state index in [1.807, 2.05) is 30.3 Å². The first-order valence-corrected chi connectivity index (χ1v) is 10.3. The van der Waals surface area contributed by atoms with Crippen LogP contribution < -0.4 is 14.8 Å². The summed E-state index contributed by atoms with van der Waals surface area (Å²) in [6, 6.07) is 14.9. The largest absolute Gasteiger partial charge is 0.493 e. The number of aliphatic carboxylic acids is 1. The second kappa shape index (κ2) is 9.65. The number of methoxy groups -OCH3 is 1. The summed E-state index contributed by atoms with van der Waals surface area (Å²) in [6.07, 6.45) is 3.16. The molecular formula is C24H29NO5. The van der Waals surface area contributed by atoms with Crippen molar-refractivity contribution in [2.24, 2.45) is 5.92 Å². The Morgan fingerprint density at radius 2 is 1.80 bits per heavy atom. The SMILES string of the molecule is COc1ccc(C(=O)N[C@]2(C(=O)O)CC[C@@H](C)CC2)cc1OCCc1ccccc1. The number of nitrogens with one attached hydrogen (secondary N) is 1. The topological polar surface area (TPSA) is 84.9 Å². The molecule has 2 aromatic rings. The molecule has 6 heteroatoms. The number of carbonyl (C=O) groups is 2. The molecule has 0 unspecified atom stereocenters. The maximum Gasteiger partial charge on any atom is 0.329 e. The van der Waals surface area contributed by atoms with E-state index in [9.17, 15) is 14.7 Å². The molecule has 1 amide bonds. The van der Waals surface area contributed by atoms with Crippen molar-refractivity contribution in [3.63, 3.8) is 0 Å². The molecule has 0 bridgehead atoms. The van der Waals surface area contributed by atoms with E-state index in [1.165, 1.54) is 0 Å². The van der Waals surface area contributed by atoms with Crippen molar-refractivity contribution >= 4 is 11.9 Å². The quantitative estimate of drug-likeness (QED) is 0.684. The first kappa shape index (κ1) is 21.7. The van der Waals surface area contributed by atoms with Gasteiger partial charge >= 0.3 is 5.97 Å². The Balaban J connectivity index is 1.71. The molecule has 0 heterocycles. The van der Waals surface area contributed by atoms with Crippen LogP contribution >= 0.6 is 0 Å². The van der Waals surface area contributed by atoms with Gasteiger partial charge in [-0.2, -0.15) is 0 Å². The standard InChI is InChI=1S/C24H29NO5/c1-17-10-13-24(14-11-17,23(27)28)25-22(26)19-8-9-20(29-2)21(16-19)30-15-12-18-6-4-3-5-7-18/h3-9,16-17H,10-15H2,1-2H3,(H,25,26)(H,27,28)/t17-,24-. The summed E-state index contributed by atoms with van der Waals surface area (Å²) < 4.78 is 11.2. The van der Waals surface area contributed by atoms with Gasteiger partial charge in [0.1, 0.15) is 5.54 Å². The maximum absolute atomic E-state index is 12.9. The molecule has 6 nitrogen and oxygen atoms in total. The molecule has 0 aromatic heterocycles. The number of carbonyl (C=O) groups excluding carboxylic acids is 1. The molecule has 1 fully saturated rings. The van der Waals surface area contributed by atoms with Crippen molar-refractivity contribution in [2.45, 2.75) is 44.6 Å². The Morgan fingerprint density at radius 3 is 2.43 bits per heavy atom. The zero-order valence-electron chi connectivity index (χ0n) is 17.5. The van der Waals surface area contributed by atoms with Gasteiger partial charge in [-0.05, 0) is 55.4 Å². The Bertz CT molecular complexity index is 872. The van der Waals surface area contributed by atoms with Crippen LogP contribution in [0.25, 0.3) is 0 Å². The number of carboxylic acids is 1. The van der Waals surface area contributed by atoms with Gasteiger partial charge in [-0.25, -0.2) is 4.79 Å². The number of hydrogen-bond acceptors (Lipinski definition) is 4. The first-order valence-electron chi connectivity index (χ1n) is 10.3. The molecule has 0 aliphatic heterocycles. The number of ether oxygens (including phenoxy) is 2. The summed E-state index contributed by atoms with van der Waals surface area (Å²) in [5.74, 6) is 0.0693. The van der Waals surface area contributed by atoms with Crippen LogP contribution in [0.1, 0.15) is 48.5 Å². The van der Waals surface area contributed by atoms with Crippen molar-refractivity contribution in [1.29, 1.82) is 0 Å². The van der Waals surface area contributed by atoms with Crippen LogP contribution in [0.4, 0.5) is 0 Å². The average molecular weight is 411 g/mol. The van der Waals surface area contributed by atoms with Gasteiger partial charge < -0.3 is 19.9 Å². The second-order valence-electron chi connectivity index (χ2n) is 7.97. The van der Waals surface area contributed by atoms with Crippen molar-refractivity contribution in [1.82, 2.24) is 5.32 Å². The predicted octanol–water partition coefficient (Wildman–Crippen LogP) is 4.08. The number of amides is 1. The highest BCUT2D eigenvalue weighted by molar-refractivity contribution is 5.98. The van der Waals surface area contributed by atoms with Crippen molar-refractivity contribution in [3.05, 3.63) is 59.7 Å². The van der Waals surface area contributed by atoms with Crippen LogP contribution in [-0.4, -0.2) is 36.2 Å². The summed E-state index contributed by atoms with van der Waals surface area (Å²) in [7, 11) is 1.54. The van der Waals surface area contributed by atoms with E-state index in [-0.39, 0.29) is 0 Å². The van der Waals surface area contributed by atoms with Crippen LogP contribution in [0.5, 0.6) is 11.5 Å². The smallest absolute Gasteiger partial charge is 0.329 e. The number of rotatable bonds is 8.